The Labute approximate surface area is 105 Å². The van der Waals surface area contributed by atoms with Gasteiger partial charge in [0, 0.05) is 0 Å². The summed E-state index contributed by atoms with van der Waals surface area (Å²) in [4.78, 5) is 11.4. The van der Waals surface area contributed by atoms with Gasteiger partial charge >= 0.3 is 5.97 Å². The number of hydrogen-bond donors (Lipinski definition) is 1. The van der Waals surface area contributed by atoms with Gasteiger partial charge in [-0.3, -0.25) is 4.79 Å². The SMILES string of the molecule is CCC(NCC1CC(C)=CC(C)C1)C(=O)OC. The normalized spacial score (nSPS) is 26.2. The van der Waals surface area contributed by atoms with E-state index in [1.807, 2.05) is 6.92 Å². The molecule has 1 aliphatic carbocycles. The Morgan fingerprint density at radius 1 is 1.65 bits per heavy atom. The van der Waals surface area contributed by atoms with Crippen LogP contribution in [0.5, 0.6) is 0 Å². The summed E-state index contributed by atoms with van der Waals surface area (Å²) in [7, 11) is 1.45. The first-order chi connectivity index (χ1) is 8.06. The predicted octanol–water partition coefficient (Wildman–Crippen LogP) is 2.52. The molecule has 3 nitrogen and oxygen atoms in total. The molecule has 0 saturated carbocycles. The summed E-state index contributed by atoms with van der Waals surface area (Å²) in [6.45, 7) is 7.36. The average Bonchev–Trinajstić information content (AvgIpc) is 2.28. The monoisotopic (exact) mass is 239 g/mol. The topological polar surface area (TPSA) is 38.3 Å². The van der Waals surface area contributed by atoms with Crippen LogP contribution in [0.2, 0.25) is 0 Å². The van der Waals surface area contributed by atoms with Crippen LogP contribution in [0.3, 0.4) is 0 Å². The molecule has 3 heteroatoms. The van der Waals surface area contributed by atoms with Crippen molar-refractivity contribution in [2.45, 2.75) is 46.1 Å². The molecule has 0 fully saturated rings. The van der Waals surface area contributed by atoms with Crippen molar-refractivity contribution in [1.29, 1.82) is 0 Å². The van der Waals surface area contributed by atoms with Crippen molar-refractivity contribution in [3.8, 4) is 0 Å². The third-order valence-corrected chi connectivity index (χ3v) is 3.43. The number of carbonyl (C=O) groups excluding carboxylic acids is 1. The zero-order valence-corrected chi connectivity index (χ0v) is 11.5. The number of rotatable bonds is 5. The molecule has 0 radical (unpaired) electrons. The Balaban J connectivity index is 2.40. The lowest BCUT2D eigenvalue weighted by molar-refractivity contribution is -0.143. The van der Waals surface area contributed by atoms with Gasteiger partial charge < -0.3 is 10.1 Å². The van der Waals surface area contributed by atoms with E-state index in [-0.39, 0.29) is 12.0 Å². The number of allylic oxidation sites excluding steroid dienone is 2. The predicted molar refractivity (Wildman–Crippen MR) is 69.7 cm³/mol. The van der Waals surface area contributed by atoms with Crippen molar-refractivity contribution in [1.82, 2.24) is 5.32 Å². The van der Waals surface area contributed by atoms with E-state index in [0.29, 0.717) is 11.8 Å². The van der Waals surface area contributed by atoms with Crippen LogP contribution >= 0.6 is 0 Å². The van der Waals surface area contributed by atoms with Crippen molar-refractivity contribution in [3.63, 3.8) is 0 Å². The highest BCUT2D eigenvalue weighted by Gasteiger charge is 2.21. The zero-order valence-electron chi connectivity index (χ0n) is 11.5. The van der Waals surface area contributed by atoms with Crippen LogP contribution in [0.25, 0.3) is 0 Å². The highest BCUT2D eigenvalue weighted by atomic mass is 16.5. The van der Waals surface area contributed by atoms with E-state index >= 15 is 0 Å². The van der Waals surface area contributed by atoms with Crippen molar-refractivity contribution < 1.29 is 9.53 Å². The lowest BCUT2D eigenvalue weighted by Gasteiger charge is -2.27. The molecule has 1 N–H and O–H groups in total. The fraction of sp³-hybridized carbons (Fsp3) is 0.786. The summed E-state index contributed by atoms with van der Waals surface area (Å²) in [5.41, 5.74) is 1.47. The number of nitrogens with one attached hydrogen (secondary N) is 1. The van der Waals surface area contributed by atoms with E-state index in [9.17, 15) is 4.79 Å². The minimum Gasteiger partial charge on any atom is -0.468 e. The molecule has 0 spiro atoms. The van der Waals surface area contributed by atoms with Crippen molar-refractivity contribution in [2.24, 2.45) is 11.8 Å². The highest BCUT2D eigenvalue weighted by molar-refractivity contribution is 5.75. The lowest BCUT2D eigenvalue weighted by atomic mass is 9.83. The average molecular weight is 239 g/mol. The highest BCUT2D eigenvalue weighted by Crippen LogP contribution is 2.27. The third-order valence-electron chi connectivity index (χ3n) is 3.43. The minimum atomic E-state index is -0.151. The van der Waals surface area contributed by atoms with Crippen LogP contribution in [-0.2, 0) is 9.53 Å². The number of methoxy groups -OCH3 is 1. The summed E-state index contributed by atoms with van der Waals surface area (Å²) in [6.07, 6.45) is 5.49. The van der Waals surface area contributed by atoms with Gasteiger partial charge in [-0.2, -0.15) is 0 Å². The van der Waals surface area contributed by atoms with E-state index in [4.69, 9.17) is 4.74 Å². The molecule has 0 bridgehead atoms. The molecule has 1 aliphatic rings. The lowest BCUT2D eigenvalue weighted by Crippen LogP contribution is -2.40. The Morgan fingerprint density at radius 3 is 2.88 bits per heavy atom. The number of esters is 1. The maximum atomic E-state index is 11.4. The molecule has 0 aromatic carbocycles. The van der Waals surface area contributed by atoms with Crippen LogP contribution in [0.15, 0.2) is 11.6 Å². The molecule has 0 aliphatic heterocycles. The molecule has 1 rings (SSSR count). The second-order valence-electron chi connectivity index (χ2n) is 5.19. The van der Waals surface area contributed by atoms with Crippen LogP contribution < -0.4 is 5.32 Å². The third kappa shape index (κ3) is 4.50. The Hall–Kier alpha value is -0.830. The van der Waals surface area contributed by atoms with E-state index in [1.165, 1.54) is 19.1 Å². The smallest absolute Gasteiger partial charge is 0.322 e. The molecule has 3 atom stereocenters. The summed E-state index contributed by atoms with van der Waals surface area (Å²) in [5, 5.41) is 3.33. The second kappa shape index (κ2) is 6.80. The summed E-state index contributed by atoms with van der Waals surface area (Å²) in [6, 6.07) is -0.151. The molecule has 0 aromatic heterocycles. The van der Waals surface area contributed by atoms with Gasteiger partial charge in [0.25, 0.3) is 0 Å². The van der Waals surface area contributed by atoms with Crippen LogP contribution in [0.1, 0.15) is 40.0 Å². The molecule has 0 amide bonds. The molecule has 0 aromatic rings. The number of ether oxygens (including phenoxy) is 1. The largest absolute Gasteiger partial charge is 0.468 e. The minimum absolute atomic E-state index is 0.149. The fourth-order valence-electron chi connectivity index (χ4n) is 2.69. The van der Waals surface area contributed by atoms with E-state index in [1.54, 1.807) is 0 Å². The molecular formula is C14H25NO2. The Bertz CT molecular complexity index is 286. The van der Waals surface area contributed by atoms with Gasteiger partial charge in [0.05, 0.1) is 7.11 Å². The molecule has 3 unspecified atom stereocenters. The molecular weight excluding hydrogens is 214 g/mol. The van der Waals surface area contributed by atoms with Crippen molar-refractivity contribution in [3.05, 3.63) is 11.6 Å². The van der Waals surface area contributed by atoms with Gasteiger partial charge in [0.15, 0.2) is 0 Å². The Morgan fingerprint density at radius 2 is 2.35 bits per heavy atom. The summed E-state index contributed by atoms with van der Waals surface area (Å²) in [5.74, 6) is 1.16. The zero-order chi connectivity index (χ0) is 12.8. The van der Waals surface area contributed by atoms with Gasteiger partial charge in [0.1, 0.15) is 6.04 Å². The van der Waals surface area contributed by atoms with Gasteiger partial charge in [-0.05, 0) is 44.6 Å². The summed E-state index contributed by atoms with van der Waals surface area (Å²) >= 11 is 0. The first kappa shape index (κ1) is 14.2. The van der Waals surface area contributed by atoms with Crippen LogP contribution in [0, 0.1) is 11.8 Å². The molecule has 17 heavy (non-hydrogen) atoms. The first-order valence-corrected chi connectivity index (χ1v) is 6.55. The molecule has 0 saturated heterocycles. The number of hydrogen-bond acceptors (Lipinski definition) is 3. The molecule has 98 valence electrons. The van der Waals surface area contributed by atoms with E-state index in [0.717, 1.165) is 19.4 Å². The van der Waals surface area contributed by atoms with E-state index < -0.39 is 0 Å². The standard InChI is InChI=1S/C14H25NO2/c1-5-13(14(16)17-4)15-9-12-7-10(2)6-11(3)8-12/h6,10,12-13,15H,5,7-9H2,1-4H3. The first-order valence-electron chi connectivity index (χ1n) is 6.55. The van der Waals surface area contributed by atoms with E-state index in [2.05, 4.69) is 25.2 Å². The second-order valence-corrected chi connectivity index (χ2v) is 5.19. The van der Waals surface area contributed by atoms with Crippen LogP contribution in [0.4, 0.5) is 0 Å². The van der Waals surface area contributed by atoms with Gasteiger partial charge in [-0.1, -0.05) is 25.5 Å². The quantitative estimate of drug-likeness (QED) is 0.592. The summed E-state index contributed by atoms with van der Waals surface area (Å²) < 4.78 is 4.77. The van der Waals surface area contributed by atoms with Crippen LogP contribution in [-0.4, -0.2) is 25.7 Å². The Kier molecular flexibility index (Phi) is 5.69. The fourth-order valence-corrected chi connectivity index (χ4v) is 2.69. The van der Waals surface area contributed by atoms with Crippen molar-refractivity contribution in [2.75, 3.05) is 13.7 Å². The van der Waals surface area contributed by atoms with Crippen molar-refractivity contribution >= 4 is 5.97 Å². The maximum Gasteiger partial charge on any atom is 0.322 e. The van der Waals surface area contributed by atoms with Gasteiger partial charge in [0.2, 0.25) is 0 Å². The van der Waals surface area contributed by atoms with Gasteiger partial charge in [-0.15, -0.1) is 0 Å². The van der Waals surface area contributed by atoms with Gasteiger partial charge in [-0.25, -0.2) is 0 Å². The maximum absolute atomic E-state index is 11.4. The molecule has 0 heterocycles. The number of carbonyl (C=O) groups is 1.